The third-order valence-electron chi connectivity index (χ3n) is 7.65. The molecule has 10 heteroatoms. The number of pyridine rings is 1. The van der Waals surface area contributed by atoms with Crippen molar-refractivity contribution < 1.29 is 23.7 Å². The molecule has 2 aliphatic rings. The van der Waals surface area contributed by atoms with Crippen LogP contribution in [0.1, 0.15) is 50.7 Å². The van der Waals surface area contributed by atoms with Gasteiger partial charge in [0.1, 0.15) is 11.9 Å². The van der Waals surface area contributed by atoms with Crippen molar-refractivity contribution in [3.8, 4) is 11.3 Å². The topological polar surface area (TPSA) is 104 Å². The average Bonchev–Trinajstić information content (AvgIpc) is 2.88. The summed E-state index contributed by atoms with van der Waals surface area (Å²) < 4.78 is 34.8. The normalized spacial score (nSPS) is 26.7. The third-order valence-corrected chi connectivity index (χ3v) is 7.65. The number of halogens is 2. The van der Waals surface area contributed by atoms with Crippen LogP contribution in [0.5, 0.6) is 0 Å². The van der Waals surface area contributed by atoms with Gasteiger partial charge in [0.2, 0.25) is 5.95 Å². The molecule has 38 heavy (non-hydrogen) atoms. The molecule has 0 aliphatic carbocycles. The summed E-state index contributed by atoms with van der Waals surface area (Å²) in [4.78, 5) is 15.2. The smallest absolute Gasteiger partial charge is 0.223 e. The number of hydrogen-bond donors (Lipinski definition) is 3. The van der Waals surface area contributed by atoms with Gasteiger partial charge in [0.15, 0.2) is 5.82 Å². The molecule has 5 rings (SSSR count). The number of nitrogens with one attached hydrogen (secondary N) is 1. The predicted molar refractivity (Wildman–Crippen MR) is 141 cm³/mol. The number of rotatable bonds is 6. The maximum Gasteiger partial charge on any atom is 0.223 e. The first-order valence-electron chi connectivity index (χ1n) is 13.2. The van der Waals surface area contributed by atoms with E-state index in [1.54, 1.807) is 13.0 Å². The highest BCUT2D eigenvalue weighted by molar-refractivity contribution is 5.88. The van der Waals surface area contributed by atoms with E-state index >= 15 is 0 Å². The standard InChI is InChI=1S/C28H35F2N5O3/c1-16(2)25-18(13-35-8-7-28(3,37)24(30)14-35)11-31-21-5-4-17(10-19(21)25)26-20(29)12-32-27(34-26)33-22-6-9-38-15-23(22)36/h4-5,10-12,16,22-24,36-37H,6-9,13-15H2,1-3H3,(H,32,33,34)/t22-,23-,24+,28-/m1/s1. The van der Waals surface area contributed by atoms with E-state index in [2.05, 4.69) is 34.1 Å². The number of likely N-dealkylation sites (tertiary alicyclic amines) is 1. The summed E-state index contributed by atoms with van der Waals surface area (Å²) in [5.41, 5.74) is 2.28. The highest BCUT2D eigenvalue weighted by atomic mass is 19.1. The lowest BCUT2D eigenvalue weighted by molar-refractivity contribution is -0.0728. The zero-order valence-electron chi connectivity index (χ0n) is 22.0. The Hall–Kier alpha value is -2.79. The average molecular weight is 528 g/mol. The van der Waals surface area contributed by atoms with Crippen molar-refractivity contribution in [2.45, 2.75) is 70.0 Å². The quantitative estimate of drug-likeness (QED) is 0.445. The van der Waals surface area contributed by atoms with Gasteiger partial charge >= 0.3 is 0 Å². The second-order valence-electron chi connectivity index (χ2n) is 11.0. The Balaban J connectivity index is 1.47. The van der Waals surface area contributed by atoms with E-state index in [9.17, 15) is 19.0 Å². The minimum absolute atomic E-state index is 0.141. The van der Waals surface area contributed by atoms with Crippen molar-refractivity contribution in [1.82, 2.24) is 19.9 Å². The molecule has 0 saturated carbocycles. The fourth-order valence-electron chi connectivity index (χ4n) is 5.35. The second kappa shape index (κ2) is 10.8. The zero-order chi connectivity index (χ0) is 27.0. The molecule has 3 N–H and O–H groups in total. The van der Waals surface area contributed by atoms with Crippen molar-refractivity contribution in [1.29, 1.82) is 0 Å². The highest BCUT2D eigenvalue weighted by Crippen LogP contribution is 2.34. The molecule has 0 spiro atoms. The summed E-state index contributed by atoms with van der Waals surface area (Å²) in [7, 11) is 0. The van der Waals surface area contributed by atoms with Gasteiger partial charge in [0, 0.05) is 43.4 Å². The molecule has 4 heterocycles. The molecular formula is C28H35F2N5O3. The van der Waals surface area contributed by atoms with Crippen LogP contribution >= 0.6 is 0 Å². The minimum Gasteiger partial charge on any atom is -0.389 e. The van der Waals surface area contributed by atoms with Crippen molar-refractivity contribution in [3.63, 3.8) is 0 Å². The number of fused-ring (bicyclic) bond motifs is 1. The number of benzene rings is 1. The largest absolute Gasteiger partial charge is 0.389 e. The van der Waals surface area contributed by atoms with Crippen LogP contribution in [0.15, 0.2) is 30.6 Å². The van der Waals surface area contributed by atoms with Gasteiger partial charge in [-0.25, -0.2) is 18.7 Å². The summed E-state index contributed by atoms with van der Waals surface area (Å²) in [6.45, 7) is 7.74. The number of alkyl halides is 1. The van der Waals surface area contributed by atoms with Crippen molar-refractivity contribution in [2.24, 2.45) is 0 Å². The molecule has 0 radical (unpaired) electrons. The molecule has 0 bridgehead atoms. The minimum atomic E-state index is -1.32. The SMILES string of the molecule is CC(C)c1c(CN2CC[C@@](C)(O)[C@@H](F)C2)cnc2ccc(-c3nc(N[C@@H]4CCOC[C@H]4O)ncc3F)cc12. The van der Waals surface area contributed by atoms with Crippen LogP contribution in [0.3, 0.4) is 0 Å². The third kappa shape index (κ3) is 5.49. The van der Waals surface area contributed by atoms with E-state index in [1.165, 1.54) is 0 Å². The number of aliphatic hydroxyl groups excluding tert-OH is 1. The summed E-state index contributed by atoms with van der Waals surface area (Å²) in [6, 6.07) is 5.27. The van der Waals surface area contributed by atoms with Gasteiger partial charge in [-0.2, -0.15) is 0 Å². The zero-order valence-corrected chi connectivity index (χ0v) is 22.0. The number of hydrogen-bond acceptors (Lipinski definition) is 8. The predicted octanol–water partition coefficient (Wildman–Crippen LogP) is 3.81. The van der Waals surface area contributed by atoms with Crippen LogP contribution in [0, 0.1) is 5.82 Å². The Bertz CT molecular complexity index is 1300. The Morgan fingerprint density at radius 3 is 2.82 bits per heavy atom. The molecule has 0 unspecified atom stereocenters. The van der Waals surface area contributed by atoms with Crippen LogP contribution < -0.4 is 5.32 Å². The first-order chi connectivity index (χ1) is 18.1. The van der Waals surface area contributed by atoms with Gasteiger partial charge in [-0.3, -0.25) is 9.88 Å². The van der Waals surface area contributed by atoms with Gasteiger partial charge in [0.05, 0.1) is 36.1 Å². The Morgan fingerprint density at radius 1 is 1.26 bits per heavy atom. The van der Waals surface area contributed by atoms with E-state index in [-0.39, 0.29) is 36.8 Å². The maximum atomic E-state index is 15.0. The molecule has 8 nitrogen and oxygen atoms in total. The molecule has 2 aliphatic heterocycles. The molecule has 0 amide bonds. The van der Waals surface area contributed by atoms with Crippen LogP contribution in [-0.4, -0.2) is 80.3 Å². The Kier molecular flexibility index (Phi) is 7.59. The fraction of sp³-hybridized carbons (Fsp3) is 0.536. The lowest BCUT2D eigenvalue weighted by Gasteiger charge is -2.39. The number of aromatic nitrogens is 3. The maximum absolute atomic E-state index is 15.0. The molecule has 2 saturated heterocycles. The van der Waals surface area contributed by atoms with Crippen molar-refractivity contribution in [3.05, 3.63) is 47.5 Å². The Labute approximate surface area is 221 Å². The lowest BCUT2D eigenvalue weighted by Crippen LogP contribution is -2.51. The van der Waals surface area contributed by atoms with E-state index in [0.29, 0.717) is 38.1 Å². The Morgan fingerprint density at radius 2 is 2.08 bits per heavy atom. The van der Waals surface area contributed by atoms with Crippen LogP contribution in [-0.2, 0) is 11.3 Å². The van der Waals surface area contributed by atoms with E-state index in [4.69, 9.17) is 4.74 Å². The van der Waals surface area contributed by atoms with E-state index in [1.807, 2.05) is 23.2 Å². The molecule has 1 aromatic carbocycles. The summed E-state index contributed by atoms with van der Waals surface area (Å²) >= 11 is 0. The number of anilines is 1. The van der Waals surface area contributed by atoms with Crippen LogP contribution in [0.4, 0.5) is 14.7 Å². The molecule has 2 aromatic heterocycles. The summed E-state index contributed by atoms with van der Waals surface area (Å²) in [6.07, 6.45) is 1.92. The second-order valence-corrected chi connectivity index (χ2v) is 11.0. The molecule has 3 aromatic rings. The van der Waals surface area contributed by atoms with Gasteiger partial charge in [-0.15, -0.1) is 0 Å². The van der Waals surface area contributed by atoms with Gasteiger partial charge < -0.3 is 20.3 Å². The fourth-order valence-corrected chi connectivity index (χ4v) is 5.35. The number of ether oxygens (including phenoxy) is 1. The van der Waals surface area contributed by atoms with E-state index < -0.39 is 23.7 Å². The summed E-state index contributed by atoms with van der Waals surface area (Å²) in [5, 5.41) is 24.4. The molecule has 4 atom stereocenters. The van der Waals surface area contributed by atoms with Crippen molar-refractivity contribution >= 4 is 16.9 Å². The van der Waals surface area contributed by atoms with Gasteiger partial charge in [-0.05, 0) is 48.9 Å². The monoisotopic (exact) mass is 527 g/mol. The summed E-state index contributed by atoms with van der Waals surface area (Å²) in [5.74, 6) is -0.167. The molecular weight excluding hydrogens is 492 g/mol. The van der Waals surface area contributed by atoms with Crippen LogP contribution in [0.25, 0.3) is 22.2 Å². The van der Waals surface area contributed by atoms with Gasteiger partial charge in [-0.1, -0.05) is 19.9 Å². The number of aliphatic hydroxyl groups is 2. The van der Waals surface area contributed by atoms with Gasteiger partial charge in [0.25, 0.3) is 0 Å². The highest BCUT2D eigenvalue weighted by Gasteiger charge is 2.38. The number of piperidine rings is 1. The first-order valence-corrected chi connectivity index (χ1v) is 13.2. The molecule has 2 fully saturated rings. The first kappa shape index (κ1) is 26.8. The van der Waals surface area contributed by atoms with E-state index in [0.717, 1.165) is 28.2 Å². The lowest BCUT2D eigenvalue weighted by atomic mass is 9.90. The number of nitrogens with zero attached hydrogens (tertiary/aromatic N) is 4. The molecule has 204 valence electrons. The van der Waals surface area contributed by atoms with Crippen molar-refractivity contribution in [2.75, 3.05) is 31.6 Å². The van der Waals surface area contributed by atoms with Crippen LogP contribution in [0.2, 0.25) is 0 Å².